The van der Waals surface area contributed by atoms with Crippen molar-refractivity contribution in [2.45, 2.75) is 26.0 Å². The number of hydrogen-bond donors (Lipinski definition) is 1. The molecule has 1 N–H and O–H groups in total. The van der Waals surface area contributed by atoms with Crippen LogP contribution >= 0.6 is 0 Å². The number of nitrogens with zero attached hydrogens (tertiary/aromatic N) is 2. The Kier molecular flexibility index (Phi) is 4.42. The summed E-state index contributed by atoms with van der Waals surface area (Å²) in [6, 6.07) is 0.147. The Morgan fingerprint density at radius 3 is 2.74 bits per heavy atom. The molecule has 2 atom stereocenters. The Bertz CT molecular complexity index is 359. The van der Waals surface area contributed by atoms with Crippen LogP contribution in [0.4, 0.5) is 0 Å². The molecule has 0 spiro atoms. The summed E-state index contributed by atoms with van der Waals surface area (Å²) >= 11 is 0. The van der Waals surface area contributed by atoms with Crippen molar-refractivity contribution in [3.63, 3.8) is 0 Å². The number of hydrogen-bond acceptors (Lipinski definition) is 4. The maximum absolute atomic E-state index is 12.0. The first kappa shape index (κ1) is 14.3. The van der Waals surface area contributed by atoms with Crippen LogP contribution in [0.15, 0.2) is 0 Å². The fourth-order valence-electron chi connectivity index (χ4n) is 2.76. The van der Waals surface area contributed by atoms with Crippen molar-refractivity contribution in [1.82, 2.24) is 15.1 Å². The highest BCUT2D eigenvalue weighted by Crippen LogP contribution is 2.23. The van der Waals surface area contributed by atoms with Crippen molar-refractivity contribution in [3.8, 4) is 0 Å². The molecule has 2 aliphatic heterocycles. The van der Waals surface area contributed by atoms with E-state index in [1.165, 1.54) is 0 Å². The second kappa shape index (κ2) is 5.88. The van der Waals surface area contributed by atoms with Crippen LogP contribution < -0.4 is 5.32 Å². The maximum Gasteiger partial charge on any atom is 0.233 e. The van der Waals surface area contributed by atoms with Crippen LogP contribution in [0.2, 0.25) is 0 Å². The molecule has 0 unspecified atom stereocenters. The molecule has 0 aromatic rings. The zero-order chi connectivity index (χ0) is 14.0. The average molecular weight is 269 g/mol. The molecule has 0 aromatic heterocycles. The predicted octanol–water partition coefficient (Wildman–Crippen LogP) is -0.700. The summed E-state index contributed by atoms with van der Waals surface area (Å²) in [6.07, 6.45) is 0.0427. The van der Waals surface area contributed by atoms with E-state index in [0.717, 1.165) is 6.54 Å². The number of rotatable bonds is 3. The molecule has 0 aromatic carbocycles. The Morgan fingerprint density at radius 2 is 2.11 bits per heavy atom. The minimum absolute atomic E-state index is 0.00698. The summed E-state index contributed by atoms with van der Waals surface area (Å²) in [4.78, 5) is 27.6. The predicted molar refractivity (Wildman–Crippen MR) is 70.6 cm³/mol. The Balaban J connectivity index is 2.00. The van der Waals surface area contributed by atoms with E-state index >= 15 is 0 Å². The first-order chi connectivity index (χ1) is 9.02. The molecular weight excluding hydrogens is 246 g/mol. The lowest BCUT2D eigenvalue weighted by molar-refractivity contribution is -0.133. The lowest BCUT2D eigenvalue weighted by Crippen LogP contribution is -2.53. The number of amides is 2. The number of morpholine rings is 1. The summed E-state index contributed by atoms with van der Waals surface area (Å²) in [6.45, 7) is 6.89. The number of likely N-dealkylation sites (N-methyl/N-ethyl adjacent to an activating group) is 1. The first-order valence-electron chi connectivity index (χ1n) is 6.88. The highest BCUT2D eigenvalue weighted by atomic mass is 16.5. The second-order valence-electron chi connectivity index (χ2n) is 5.52. The van der Waals surface area contributed by atoms with Gasteiger partial charge in [0.05, 0.1) is 25.3 Å². The van der Waals surface area contributed by atoms with E-state index in [9.17, 15) is 9.59 Å². The third kappa shape index (κ3) is 3.06. The fraction of sp³-hybridized carbons (Fsp3) is 0.846. The highest BCUT2D eigenvalue weighted by Gasteiger charge is 2.42. The van der Waals surface area contributed by atoms with Gasteiger partial charge in [-0.2, -0.15) is 0 Å². The van der Waals surface area contributed by atoms with E-state index in [2.05, 4.69) is 10.2 Å². The van der Waals surface area contributed by atoms with Crippen molar-refractivity contribution in [2.75, 3.05) is 39.8 Å². The van der Waals surface area contributed by atoms with E-state index in [-0.39, 0.29) is 29.9 Å². The van der Waals surface area contributed by atoms with E-state index < -0.39 is 0 Å². The minimum atomic E-state index is 0.00698. The molecule has 0 radical (unpaired) electrons. The molecule has 2 rings (SSSR count). The molecule has 0 saturated carbocycles. The molecule has 2 amide bonds. The molecule has 2 saturated heterocycles. The van der Waals surface area contributed by atoms with Gasteiger partial charge in [0, 0.05) is 32.6 Å². The maximum atomic E-state index is 12.0. The molecule has 6 heteroatoms. The number of carbonyl (C=O) groups is 2. The van der Waals surface area contributed by atoms with Gasteiger partial charge in [-0.1, -0.05) is 13.8 Å². The van der Waals surface area contributed by atoms with Crippen LogP contribution in [-0.4, -0.2) is 73.6 Å². The van der Waals surface area contributed by atoms with Crippen molar-refractivity contribution < 1.29 is 14.3 Å². The standard InChI is InChI=1S/C13H23N3O3/c1-9(2)13(18)16-6-10-11(7-16)19-5-4-15(10)8-12(17)14-3/h9-11H,4-8H2,1-3H3,(H,14,17)/t10-,11+/m1/s1. The number of nitrogens with one attached hydrogen (secondary N) is 1. The van der Waals surface area contributed by atoms with Crippen molar-refractivity contribution >= 4 is 11.8 Å². The van der Waals surface area contributed by atoms with Gasteiger partial charge in [0.1, 0.15) is 0 Å². The van der Waals surface area contributed by atoms with Gasteiger partial charge >= 0.3 is 0 Å². The van der Waals surface area contributed by atoms with E-state index in [4.69, 9.17) is 4.74 Å². The van der Waals surface area contributed by atoms with Crippen LogP contribution in [0.5, 0.6) is 0 Å². The zero-order valence-corrected chi connectivity index (χ0v) is 11.9. The Morgan fingerprint density at radius 1 is 1.37 bits per heavy atom. The molecule has 2 aliphatic rings. The zero-order valence-electron chi connectivity index (χ0n) is 11.9. The lowest BCUT2D eigenvalue weighted by Gasteiger charge is -2.35. The third-order valence-corrected chi connectivity index (χ3v) is 3.85. The topological polar surface area (TPSA) is 61.9 Å². The van der Waals surface area contributed by atoms with Crippen LogP contribution in [0.25, 0.3) is 0 Å². The molecule has 108 valence electrons. The molecular formula is C13H23N3O3. The van der Waals surface area contributed by atoms with Crippen LogP contribution in [0.3, 0.4) is 0 Å². The lowest BCUT2D eigenvalue weighted by atomic mass is 10.1. The van der Waals surface area contributed by atoms with Gasteiger partial charge < -0.3 is 15.0 Å². The summed E-state index contributed by atoms with van der Waals surface area (Å²) in [7, 11) is 1.64. The van der Waals surface area contributed by atoms with Gasteiger partial charge in [-0.05, 0) is 0 Å². The molecule has 0 aliphatic carbocycles. The van der Waals surface area contributed by atoms with Gasteiger partial charge in [-0.15, -0.1) is 0 Å². The van der Waals surface area contributed by atoms with Crippen LogP contribution in [0.1, 0.15) is 13.8 Å². The summed E-state index contributed by atoms with van der Waals surface area (Å²) in [5, 5.41) is 2.64. The average Bonchev–Trinajstić information content (AvgIpc) is 2.82. The van der Waals surface area contributed by atoms with E-state index in [0.29, 0.717) is 26.2 Å². The van der Waals surface area contributed by atoms with Crippen molar-refractivity contribution in [1.29, 1.82) is 0 Å². The molecule has 6 nitrogen and oxygen atoms in total. The number of fused-ring (bicyclic) bond motifs is 1. The first-order valence-corrected chi connectivity index (χ1v) is 6.88. The number of carbonyl (C=O) groups excluding carboxylic acids is 2. The molecule has 0 bridgehead atoms. The third-order valence-electron chi connectivity index (χ3n) is 3.85. The minimum Gasteiger partial charge on any atom is -0.373 e. The van der Waals surface area contributed by atoms with Crippen LogP contribution in [0, 0.1) is 5.92 Å². The Hall–Kier alpha value is -1.14. The molecule has 19 heavy (non-hydrogen) atoms. The largest absolute Gasteiger partial charge is 0.373 e. The van der Waals surface area contributed by atoms with Gasteiger partial charge in [0.15, 0.2) is 0 Å². The molecule has 2 heterocycles. The number of likely N-dealkylation sites (tertiary alicyclic amines) is 1. The molecule has 2 fully saturated rings. The summed E-state index contributed by atoms with van der Waals surface area (Å²) in [5.41, 5.74) is 0. The fourth-order valence-corrected chi connectivity index (χ4v) is 2.76. The SMILES string of the molecule is CNC(=O)CN1CCO[C@H]2CN(C(=O)C(C)C)C[C@H]21. The summed E-state index contributed by atoms with van der Waals surface area (Å²) in [5.74, 6) is 0.180. The van der Waals surface area contributed by atoms with Crippen LogP contribution in [-0.2, 0) is 14.3 Å². The monoisotopic (exact) mass is 269 g/mol. The van der Waals surface area contributed by atoms with Gasteiger partial charge in [-0.25, -0.2) is 0 Å². The smallest absolute Gasteiger partial charge is 0.233 e. The highest BCUT2D eigenvalue weighted by molar-refractivity contribution is 5.79. The van der Waals surface area contributed by atoms with Gasteiger partial charge in [0.2, 0.25) is 11.8 Å². The second-order valence-corrected chi connectivity index (χ2v) is 5.52. The van der Waals surface area contributed by atoms with Crippen molar-refractivity contribution in [3.05, 3.63) is 0 Å². The van der Waals surface area contributed by atoms with Gasteiger partial charge in [-0.3, -0.25) is 14.5 Å². The van der Waals surface area contributed by atoms with Gasteiger partial charge in [0.25, 0.3) is 0 Å². The quantitative estimate of drug-likeness (QED) is 0.736. The van der Waals surface area contributed by atoms with Crippen molar-refractivity contribution in [2.24, 2.45) is 5.92 Å². The Labute approximate surface area is 114 Å². The van der Waals surface area contributed by atoms with E-state index in [1.54, 1.807) is 7.05 Å². The van der Waals surface area contributed by atoms with E-state index in [1.807, 2.05) is 18.7 Å². The summed E-state index contributed by atoms with van der Waals surface area (Å²) < 4.78 is 5.74. The number of ether oxygens (including phenoxy) is 1. The normalized spacial score (nSPS) is 27.5.